The maximum absolute atomic E-state index is 10.2. The van der Waals surface area contributed by atoms with E-state index in [2.05, 4.69) is 47.2 Å². The van der Waals surface area contributed by atoms with Crippen LogP contribution >= 0.6 is 44.1 Å². The summed E-state index contributed by atoms with van der Waals surface area (Å²) in [4.78, 5) is 0. The highest BCUT2D eigenvalue weighted by Gasteiger charge is 2.13. The summed E-state index contributed by atoms with van der Waals surface area (Å²) >= 11 is 12.0. The van der Waals surface area contributed by atoms with Gasteiger partial charge in [-0.05, 0) is 58.5 Å². The van der Waals surface area contributed by atoms with E-state index in [4.69, 9.17) is 21.7 Å². The molecule has 0 bridgehead atoms. The zero-order valence-electron chi connectivity index (χ0n) is 14.2. The molecule has 3 rings (SSSR count). The molecule has 0 amide bonds. The zero-order valence-corrected chi connectivity index (χ0v) is 18.2. The third kappa shape index (κ3) is 4.07. The topological polar surface area (TPSA) is 84.7 Å². The Kier molecular flexibility index (Phi) is 5.98. The normalized spacial score (nSPS) is 11.1. The second-order valence-electron chi connectivity index (χ2n) is 5.30. The Morgan fingerprint density at radius 3 is 2.63 bits per heavy atom. The van der Waals surface area contributed by atoms with Crippen LogP contribution in [0.5, 0.6) is 17.2 Å². The third-order valence-electron chi connectivity index (χ3n) is 3.66. The van der Waals surface area contributed by atoms with Crippen molar-refractivity contribution in [2.75, 3.05) is 14.2 Å². The number of nitrogens with one attached hydrogen (secondary N) is 1. The predicted molar refractivity (Wildman–Crippen MR) is 112 cm³/mol. The van der Waals surface area contributed by atoms with Crippen molar-refractivity contribution in [1.82, 2.24) is 14.9 Å². The number of ether oxygens (including phenoxy) is 2. The maximum Gasteiger partial charge on any atom is 0.216 e. The van der Waals surface area contributed by atoms with Gasteiger partial charge in [0.15, 0.2) is 17.3 Å². The molecule has 0 spiro atoms. The molecule has 1 aromatic heterocycles. The van der Waals surface area contributed by atoms with Gasteiger partial charge in [0.2, 0.25) is 4.77 Å². The smallest absolute Gasteiger partial charge is 0.216 e. The number of aromatic amines is 1. The molecule has 0 atom stereocenters. The van der Waals surface area contributed by atoms with E-state index in [0.29, 0.717) is 32.1 Å². The van der Waals surface area contributed by atoms with Crippen LogP contribution in [0.25, 0.3) is 11.4 Å². The summed E-state index contributed by atoms with van der Waals surface area (Å²) in [6, 6.07) is 8.86. The largest absolute Gasteiger partial charge is 0.506 e. The lowest BCUT2D eigenvalue weighted by atomic mass is 10.2. The predicted octanol–water partition coefficient (Wildman–Crippen LogP) is 4.74. The van der Waals surface area contributed by atoms with Crippen LogP contribution in [-0.4, -0.2) is 40.4 Å². The van der Waals surface area contributed by atoms with E-state index in [1.807, 2.05) is 6.07 Å². The lowest BCUT2D eigenvalue weighted by molar-refractivity contribution is 0.355. The van der Waals surface area contributed by atoms with Gasteiger partial charge in [-0.1, -0.05) is 15.9 Å². The summed E-state index contributed by atoms with van der Waals surface area (Å²) in [5, 5.41) is 21.5. The van der Waals surface area contributed by atoms with Gasteiger partial charge in [-0.2, -0.15) is 14.9 Å². The monoisotopic (exact) mass is 512 g/mol. The van der Waals surface area contributed by atoms with Crippen molar-refractivity contribution in [3.05, 3.63) is 49.6 Å². The van der Waals surface area contributed by atoms with Gasteiger partial charge >= 0.3 is 0 Å². The summed E-state index contributed by atoms with van der Waals surface area (Å²) in [6.45, 7) is 0. The van der Waals surface area contributed by atoms with E-state index in [1.165, 1.54) is 10.9 Å². The first-order valence-electron chi connectivity index (χ1n) is 7.56. The molecule has 1 heterocycles. The van der Waals surface area contributed by atoms with Gasteiger partial charge in [-0.15, -0.1) is 0 Å². The number of hydrogen-bond acceptors (Lipinski definition) is 6. The van der Waals surface area contributed by atoms with Gasteiger partial charge in [0, 0.05) is 15.6 Å². The molecular formula is C17H14Br2N4O3S. The summed E-state index contributed by atoms with van der Waals surface area (Å²) in [7, 11) is 3.13. The number of phenols is 1. The van der Waals surface area contributed by atoms with Crippen molar-refractivity contribution >= 4 is 50.3 Å². The minimum atomic E-state index is 0.0737. The third-order valence-corrected chi connectivity index (χ3v) is 4.99. The molecule has 0 radical (unpaired) electrons. The van der Waals surface area contributed by atoms with Crippen molar-refractivity contribution in [2.45, 2.75) is 0 Å². The second-order valence-corrected chi connectivity index (χ2v) is 7.46. The summed E-state index contributed by atoms with van der Waals surface area (Å²) < 4.78 is 13.7. The van der Waals surface area contributed by atoms with E-state index in [1.54, 1.807) is 38.5 Å². The van der Waals surface area contributed by atoms with Crippen molar-refractivity contribution in [2.24, 2.45) is 5.10 Å². The van der Waals surface area contributed by atoms with Crippen molar-refractivity contribution in [3.63, 3.8) is 0 Å². The number of methoxy groups -OCH3 is 2. The van der Waals surface area contributed by atoms with Crippen LogP contribution in [0, 0.1) is 4.77 Å². The molecule has 0 saturated carbocycles. The Balaban J connectivity index is 2.05. The minimum Gasteiger partial charge on any atom is -0.506 e. The fraction of sp³-hybridized carbons (Fsp3) is 0.118. The highest BCUT2D eigenvalue weighted by molar-refractivity contribution is 9.11. The summed E-state index contributed by atoms with van der Waals surface area (Å²) in [6.07, 6.45) is 1.50. The number of nitrogens with zero attached hydrogens (tertiary/aromatic N) is 3. The Labute approximate surface area is 176 Å². The van der Waals surface area contributed by atoms with Gasteiger partial charge in [0.05, 0.1) is 24.9 Å². The number of rotatable bonds is 5. The quantitative estimate of drug-likeness (QED) is 0.380. The Bertz CT molecular complexity index is 1080. The first-order valence-corrected chi connectivity index (χ1v) is 9.56. The fourth-order valence-electron chi connectivity index (χ4n) is 2.37. The molecule has 3 aromatic rings. The van der Waals surface area contributed by atoms with Crippen LogP contribution in [-0.2, 0) is 0 Å². The maximum atomic E-state index is 10.2. The van der Waals surface area contributed by atoms with Crippen LogP contribution in [0.2, 0.25) is 0 Å². The number of halogens is 2. The van der Waals surface area contributed by atoms with E-state index < -0.39 is 0 Å². The average molecular weight is 514 g/mol. The van der Waals surface area contributed by atoms with E-state index in [0.717, 1.165) is 10.0 Å². The van der Waals surface area contributed by atoms with Crippen molar-refractivity contribution in [1.29, 1.82) is 0 Å². The molecule has 10 heteroatoms. The molecular weight excluding hydrogens is 500 g/mol. The molecule has 2 N–H and O–H groups in total. The first-order chi connectivity index (χ1) is 12.9. The van der Waals surface area contributed by atoms with Gasteiger partial charge in [-0.3, -0.25) is 0 Å². The summed E-state index contributed by atoms with van der Waals surface area (Å²) in [5.74, 6) is 1.73. The number of phenolic OH excluding ortho intramolecular Hbond substituents is 1. The van der Waals surface area contributed by atoms with Crippen LogP contribution in [0.3, 0.4) is 0 Å². The molecule has 2 aromatic carbocycles. The van der Waals surface area contributed by atoms with E-state index in [-0.39, 0.29) is 5.75 Å². The molecule has 7 nitrogen and oxygen atoms in total. The Morgan fingerprint density at radius 2 is 1.93 bits per heavy atom. The molecule has 0 aliphatic carbocycles. The molecule has 140 valence electrons. The number of hydrogen-bond donors (Lipinski definition) is 2. The molecule has 0 saturated heterocycles. The molecule has 0 aliphatic rings. The molecule has 0 fully saturated rings. The molecule has 0 unspecified atom stereocenters. The SMILES string of the molecule is COc1ccc(-c2n[nH]c(=S)n2/N=C/c2cc(Br)cc(Br)c2O)cc1OC. The number of benzene rings is 2. The second kappa shape index (κ2) is 8.24. The highest BCUT2D eigenvalue weighted by Crippen LogP contribution is 2.32. The van der Waals surface area contributed by atoms with Gasteiger partial charge < -0.3 is 14.6 Å². The number of H-pyrrole nitrogens is 1. The van der Waals surface area contributed by atoms with Gasteiger partial charge in [0.25, 0.3) is 0 Å². The van der Waals surface area contributed by atoms with Gasteiger partial charge in [0.1, 0.15) is 5.75 Å². The van der Waals surface area contributed by atoms with E-state index in [9.17, 15) is 5.11 Å². The van der Waals surface area contributed by atoms with Crippen LogP contribution in [0.4, 0.5) is 0 Å². The van der Waals surface area contributed by atoms with Crippen LogP contribution < -0.4 is 9.47 Å². The summed E-state index contributed by atoms with van der Waals surface area (Å²) in [5.41, 5.74) is 1.24. The average Bonchev–Trinajstić information content (AvgIpc) is 3.03. The Morgan fingerprint density at radius 1 is 1.19 bits per heavy atom. The Hall–Kier alpha value is -2.17. The molecule has 0 aliphatic heterocycles. The number of aromatic hydroxyl groups is 1. The number of aromatic nitrogens is 3. The zero-order chi connectivity index (χ0) is 19.6. The van der Waals surface area contributed by atoms with Crippen LogP contribution in [0.1, 0.15) is 5.56 Å². The lowest BCUT2D eigenvalue weighted by Gasteiger charge is -2.09. The van der Waals surface area contributed by atoms with E-state index >= 15 is 0 Å². The van der Waals surface area contributed by atoms with Crippen molar-refractivity contribution in [3.8, 4) is 28.6 Å². The highest BCUT2D eigenvalue weighted by atomic mass is 79.9. The fourth-order valence-corrected chi connectivity index (χ4v) is 3.80. The minimum absolute atomic E-state index is 0.0737. The van der Waals surface area contributed by atoms with Crippen molar-refractivity contribution < 1.29 is 14.6 Å². The standard InChI is InChI=1S/C17H14Br2N4O3S/c1-25-13-4-3-9(6-14(13)26-2)16-21-22-17(27)23(16)20-8-10-5-11(18)7-12(19)15(10)24/h3-8,24H,1-2H3,(H,22,27)/b20-8+. The molecule has 27 heavy (non-hydrogen) atoms. The van der Waals surface area contributed by atoms with Gasteiger partial charge in [-0.25, -0.2) is 5.10 Å². The lowest BCUT2D eigenvalue weighted by Crippen LogP contribution is -1.97. The van der Waals surface area contributed by atoms with Crippen LogP contribution in [0.15, 0.2) is 44.4 Å². The first kappa shape index (κ1) is 19.6.